The second kappa shape index (κ2) is 8.29. The molecule has 0 aliphatic heterocycles. The molecule has 0 aromatic heterocycles. The van der Waals surface area contributed by atoms with Gasteiger partial charge in [-0.25, -0.2) is 4.79 Å². The molecule has 1 N–H and O–H groups in total. The topological polar surface area (TPSA) is 63.6 Å². The number of rotatable bonds is 4. The van der Waals surface area contributed by atoms with Gasteiger partial charge in [0.25, 0.3) is 5.78 Å². The van der Waals surface area contributed by atoms with Crippen LogP contribution in [0.4, 0.5) is 0 Å². The molecular weight excluding hydrogens is 286 g/mol. The number of ether oxygens (including phenoxy) is 1. The minimum atomic E-state index is -1.02. The average molecular weight is 297 g/mol. The first-order valence-corrected chi connectivity index (χ1v) is 5.78. The standard InChI is InChI=1S/C12H10Cl2O4.Li.H/c1-2-18-12(17)11(16)6-10(15)7-3-4-8(13)9(14)5-7;;/h3-6,15H,2H2,1H3;;/q;+1;-1/b10-6-;;. The van der Waals surface area contributed by atoms with Crippen molar-refractivity contribution in [1.29, 1.82) is 0 Å². The summed E-state index contributed by atoms with van der Waals surface area (Å²) in [7, 11) is 0. The van der Waals surface area contributed by atoms with Gasteiger partial charge < -0.3 is 11.3 Å². The van der Waals surface area contributed by atoms with Gasteiger partial charge in [-0.05, 0) is 25.1 Å². The molecule has 0 unspecified atom stereocenters. The quantitative estimate of drug-likeness (QED) is 0.282. The first kappa shape index (κ1) is 18.1. The van der Waals surface area contributed by atoms with Gasteiger partial charge in [-0.1, -0.05) is 23.2 Å². The van der Waals surface area contributed by atoms with Crippen molar-refractivity contribution >= 4 is 40.7 Å². The van der Waals surface area contributed by atoms with Crippen molar-refractivity contribution in [2.75, 3.05) is 6.61 Å². The Balaban J connectivity index is 0. The molecule has 0 atom stereocenters. The van der Waals surface area contributed by atoms with Crippen molar-refractivity contribution in [3.63, 3.8) is 0 Å². The predicted molar refractivity (Wildman–Crippen MR) is 69.8 cm³/mol. The van der Waals surface area contributed by atoms with Crippen LogP contribution in [0, 0.1) is 0 Å². The van der Waals surface area contributed by atoms with E-state index in [0.717, 1.165) is 6.08 Å². The molecule has 4 nitrogen and oxygen atoms in total. The maximum Gasteiger partial charge on any atom is 1.00 e. The van der Waals surface area contributed by atoms with E-state index in [1.165, 1.54) is 18.2 Å². The Bertz CT molecular complexity index is 520. The van der Waals surface area contributed by atoms with Gasteiger partial charge in [0.2, 0.25) is 0 Å². The minimum Gasteiger partial charge on any atom is -1.00 e. The summed E-state index contributed by atoms with van der Waals surface area (Å²) in [5, 5.41) is 10.2. The molecule has 1 rings (SSSR count). The molecule has 0 saturated carbocycles. The molecule has 0 aliphatic rings. The Morgan fingerprint density at radius 3 is 2.53 bits per heavy atom. The first-order valence-electron chi connectivity index (χ1n) is 5.03. The average Bonchev–Trinajstić information content (AvgIpc) is 2.32. The third-order valence-electron chi connectivity index (χ3n) is 1.96. The van der Waals surface area contributed by atoms with E-state index in [1.54, 1.807) is 6.92 Å². The summed E-state index contributed by atoms with van der Waals surface area (Å²) in [4.78, 5) is 22.4. The molecule has 1 aromatic carbocycles. The fraction of sp³-hybridized carbons (Fsp3) is 0.167. The zero-order chi connectivity index (χ0) is 13.7. The number of esters is 1. The molecule has 0 heterocycles. The molecule has 0 spiro atoms. The second-order valence-electron chi connectivity index (χ2n) is 3.24. The molecule has 0 bridgehead atoms. The van der Waals surface area contributed by atoms with Crippen molar-refractivity contribution < 1.29 is 39.7 Å². The number of hydrogen-bond donors (Lipinski definition) is 1. The second-order valence-corrected chi connectivity index (χ2v) is 4.06. The van der Waals surface area contributed by atoms with Gasteiger partial charge in [0.15, 0.2) is 0 Å². The van der Waals surface area contributed by atoms with E-state index >= 15 is 0 Å². The summed E-state index contributed by atoms with van der Waals surface area (Å²) in [6, 6.07) is 4.32. The number of aliphatic hydroxyl groups excluding tert-OH is 1. The molecule has 19 heavy (non-hydrogen) atoms. The van der Waals surface area contributed by atoms with E-state index in [2.05, 4.69) is 4.74 Å². The first-order chi connectivity index (χ1) is 8.45. The number of aliphatic hydroxyl groups is 1. The number of ketones is 1. The summed E-state index contributed by atoms with van der Waals surface area (Å²) in [6.07, 6.45) is 0.775. The zero-order valence-corrected chi connectivity index (χ0v) is 12.0. The number of benzene rings is 1. The van der Waals surface area contributed by atoms with Crippen LogP contribution in [0.25, 0.3) is 5.76 Å². The summed E-state index contributed by atoms with van der Waals surface area (Å²) in [5.41, 5.74) is 0.280. The molecule has 0 amide bonds. The van der Waals surface area contributed by atoms with Gasteiger partial charge in [-0.2, -0.15) is 0 Å². The number of hydrogen-bond acceptors (Lipinski definition) is 4. The number of carbonyl (C=O) groups is 2. The molecule has 0 fully saturated rings. The van der Waals surface area contributed by atoms with Crippen molar-refractivity contribution in [2.24, 2.45) is 0 Å². The zero-order valence-electron chi connectivity index (χ0n) is 11.4. The fourth-order valence-corrected chi connectivity index (χ4v) is 1.42. The third kappa shape index (κ3) is 5.29. The smallest absolute Gasteiger partial charge is 1.00 e. The Hall–Kier alpha value is -0.923. The Kier molecular flexibility index (Phi) is 7.89. The molecule has 98 valence electrons. The predicted octanol–water partition coefficient (Wildman–Crippen LogP) is 0.141. The van der Waals surface area contributed by atoms with Crippen LogP contribution >= 0.6 is 23.2 Å². The van der Waals surface area contributed by atoms with Gasteiger partial charge in [0.05, 0.1) is 16.7 Å². The van der Waals surface area contributed by atoms with Crippen LogP contribution in [-0.2, 0) is 14.3 Å². The van der Waals surface area contributed by atoms with Crippen molar-refractivity contribution in [3.8, 4) is 0 Å². The van der Waals surface area contributed by atoms with Crippen molar-refractivity contribution in [3.05, 3.63) is 39.9 Å². The minimum absolute atomic E-state index is 0. The van der Waals surface area contributed by atoms with Crippen molar-refractivity contribution in [1.82, 2.24) is 0 Å². The van der Waals surface area contributed by atoms with Crippen LogP contribution in [0.1, 0.15) is 13.9 Å². The van der Waals surface area contributed by atoms with Crippen molar-refractivity contribution in [2.45, 2.75) is 6.92 Å². The normalized spacial score (nSPS) is 10.6. The van der Waals surface area contributed by atoms with Crippen LogP contribution in [0.3, 0.4) is 0 Å². The molecule has 0 radical (unpaired) electrons. The van der Waals surface area contributed by atoms with E-state index in [1.807, 2.05) is 0 Å². The van der Waals surface area contributed by atoms with E-state index in [0.29, 0.717) is 5.02 Å². The summed E-state index contributed by atoms with van der Waals surface area (Å²) >= 11 is 11.5. The van der Waals surface area contributed by atoms with Crippen LogP contribution in [-0.4, -0.2) is 23.5 Å². The monoisotopic (exact) mass is 296 g/mol. The van der Waals surface area contributed by atoms with E-state index in [9.17, 15) is 14.7 Å². The fourth-order valence-electron chi connectivity index (χ4n) is 1.12. The summed E-state index contributed by atoms with van der Waals surface area (Å²) in [6.45, 7) is 1.67. The number of carbonyl (C=O) groups excluding carboxylic acids is 2. The van der Waals surface area contributed by atoms with Crippen LogP contribution in [0.15, 0.2) is 24.3 Å². The van der Waals surface area contributed by atoms with Gasteiger partial charge in [-0.15, -0.1) is 0 Å². The number of halogens is 2. The maximum atomic E-state index is 11.3. The Labute approximate surface area is 134 Å². The molecular formula is C12H11Cl2LiO4. The Morgan fingerprint density at radius 2 is 2.00 bits per heavy atom. The van der Waals surface area contributed by atoms with Crippen LogP contribution in [0.2, 0.25) is 10.0 Å². The summed E-state index contributed by atoms with van der Waals surface area (Å²) < 4.78 is 4.49. The van der Waals surface area contributed by atoms with Gasteiger partial charge in [-0.3, -0.25) is 4.79 Å². The Morgan fingerprint density at radius 1 is 1.37 bits per heavy atom. The molecule has 0 aliphatic carbocycles. The molecule has 0 saturated heterocycles. The third-order valence-corrected chi connectivity index (χ3v) is 2.70. The van der Waals surface area contributed by atoms with Gasteiger partial charge in [0.1, 0.15) is 5.76 Å². The van der Waals surface area contributed by atoms with Crippen LogP contribution in [0.5, 0.6) is 0 Å². The van der Waals surface area contributed by atoms with E-state index in [-0.39, 0.29) is 43.2 Å². The molecule has 7 heteroatoms. The van der Waals surface area contributed by atoms with Crippen LogP contribution < -0.4 is 18.9 Å². The van der Waals surface area contributed by atoms with Gasteiger partial charge in [0, 0.05) is 11.6 Å². The van der Waals surface area contributed by atoms with E-state index < -0.39 is 11.8 Å². The summed E-state index contributed by atoms with van der Waals surface area (Å²) in [5.74, 6) is -2.35. The van der Waals surface area contributed by atoms with Gasteiger partial charge >= 0.3 is 24.8 Å². The van der Waals surface area contributed by atoms with E-state index in [4.69, 9.17) is 23.2 Å². The maximum absolute atomic E-state index is 11.3. The SMILES string of the molecule is CCOC(=O)C(=O)/C=C(\O)c1ccc(Cl)c(Cl)c1.[H-].[Li+]. The largest absolute Gasteiger partial charge is 1.00 e. The molecule has 1 aromatic rings.